The van der Waals surface area contributed by atoms with Crippen molar-refractivity contribution in [2.24, 2.45) is 17.0 Å². The predicted octanol–water partition coefficient (Wildman–Crippen LogP) is 9.24. The summed E-state index contributed by atoms with van der Waals surface area (Å²) in [7, 11) is 1.63. The molecule has 19 heteroatoms. The van der Waals surface area contributed by atoms with Crippen LogP contribution in [-0.2, 0) is 26.0 Å². The first kappa shape index (κ1) is 50.3. The van der Waals surface area contributed by atoms with Gasteiger partial charge in [-0.05, 0) is 142 Å². The van der Waals surface area contributed by atoms with Crippen molar-refractivity contribution in [3.8, 4) is 22.8 Å². The second-order valence-corrected chi connectivity index (χ2v) is 19.7. The van der Waals surface area contributed by atoms with Crippen molar-refractivity contribution in [2.45, 2.75) is 118 Å². The summed E-state index contributed by atoms with van der Waals surface area (Å²) in [4.78, 5) is 62.0. The molecule has 0 saturated carbocycles. The number of alkyl carbamates (subject to hydrolysis) is 2. The van der Waals surface area contributed by atoms with Gasteiger partial charge in [0.2, 0.25) is 11.9 Å². The van der Waals surface area contributed by atoms with Crippen molar-refractivity contribution in [3.05, 3.63) is 71.3 Å². The second-order valence-electron chi connectivity index (χ2n) is 19.7. The molecule has 0 unspecified atom stereocenters. The number of halogens is 2. The van der Waals surface area contributed by atoms with Crippen LogP contribution >= 0.6 is 0 Å². The Kier molecular flexibility index (Phi) is 15.1. The molecule has 2 aromatic carbocycles. The maximum atomic E-state index is 15.9. The van der Waals surface area contributed by atoms with E-state index in [-0.39, 0.29) is 47.8 Å². The molecule has 356 valence electrons. The van der Waals surface area contributed by atoms with Gasteiger partial charge < -0.3 is 33.3 Å². The summed E-state index contributed by atoms with van der Waals surface area (Å²) >= 11 is 0. The van der Waals surface area contributed by atoms with Crippen molar-refractivity contribution in [1.29, 1.82) is 0 Å². The molecule has 3 aromatic rings. The van der Waals surface area contributed by atoms with Gasteiger partial charge in [-0.1, -0.05) is 24.3 Å². The van der Waals surface area contributed by atoms with Gasteiger partial charge in [0.05, 0.1) is 11.1 Å². The Bertz CT molecular complexity index is 2300. The Labute approximate surface area is 384 Å². The van der Waals surface area contributed by atoms with Crippen molar-refractivity contribution in [2.75, 3.05) is 26.2 Å². The Balaban J connectivity index is 1.30. The number of hydrogen-bond donors (Lipinski definition) is 2. The minimum atomic E-state index is -0.879. The van der Waals surface area contributed by atoms with Crippen LogP contribution in [0.15, 0.2) is 58.5 Å². The van der Waals surface area contributed by atoms with Crippen LogP contribution in [0, 0.1) is 11.6 Å². The van der Waals surface area contributed by atoms with Gasteiger partial charge in [0.25, 0.3) is 0 Å². The molecular weight excluding hydrogens is 857 g/mol. The van der Waals surface area contributed by atoms with Gasteiger partial charge in [-0.25, -0.2) is 28.0 Å². The SMILES string of the molecule is Cn1c(-c2ccc(C3=CCN(C(=NC(=O)OC(C)(C)C)NC(=O)OC(C)(C)C)CC3)cc2F)nnc1-c1ccc(C2=CCN(C(=NC(=O)OC(C)(C)C)NC(=O)OC(C)(C)C)CC2)cc1F. The Morgan fingerprint density at radius 1 is 0.576 bits per heavy atom. The highest BCUT2D eigenvalue weighted by Gasteiger charge is 2.28. The lowest BCUT2D eigenvalue weighted by molar-refractivity contribution is 0.0536. The van der Waals surface area contributed by atoms with E-state index >= 15 is 8.78 Å². The first-order chi connectivity index (χ1) is 30.5. The summed E-state index contributed by atoms with van der Waals surface area (Å²) in [5.41, 5.74) is 0.0422. The van der Waals surface area contributed by atoms with Crippen LogP contribution in [0.4, 0.5) is 28.0 Å². The topological polar surface area (TPSA) is 191 Å². The van der Waals surface area contributed by atoms with Gasteiger partial charge in [0.1, 0.15) is 34.0 Å². The molecule has 2 aliphatic heterocycles. The Morgan fingerprint density at radius 3 is 1.21 bits per heavy atom. The quantitative estimate of drug-likeness (QED) is 0.144. The third kappa shape index (κ3) is 14.4. The average Bonchev–Trinajstić information content (AvgIpc) is 3.54. The number of benzene rings is 2. The Morgan fingerprint density at radius 2 is 0.924 bits per heavy atom. The minimum Gasteiger partial charge on any atom is -0.444 e. The highest BCUT2D eigenvalue weighted by Crippen LogP contribution is 2.32. The number of rotatable bonds is 4. The largest absolute Gasteiger partial charge is 0.444 e. The van der Waals surface area contributed by atoms with Crippen molar-refractivity contribution in [1.82, 2.24) is 35.2 Å². The summed E-state index contributed by atoms with van der Waals surface area (Å²) in [6, 6.07) is 9.50. The smallest absolute Gasteiger partial charge is 0.437 e. The number of aliphatic imine (C=N–C) groups is 2. The molecule has 17 nitrogen and oxygen atoms in total. The predicted molar refractivity (Wildman–Crippen MR) is 246 cm³/mol. The summed E-state index contributed by atoms with van der Waals surface area (Å²) in [5, 5.41) is 13.6. The summed E-state index contributed by atoms with van der Waals surface area (Å²) in [5.74, 6) is -0.817. The van der Waals surface area contributed by atoms with E-state index in [4.69, 9.17) is 18.9 Å². The molecule has 0 atom stereocenters. The molecule has 66 heavy (non-hydrogen) atoms. The van der Waals surface area contributed by atoms with Gasteiger partial charge in [-0.15, -0.1) is 20.2 Å². The molecule has 2 aliphatic rings. The number of guanidine groups is 2. The first-order valence-corrected chi connectivity index (χ1v) is 21.6. The molecule has 5 rings (SSSR count). The number of carbonyl (C=O) groups is 4. The third-order valence-corrected chi connectivity index (χ3v) is 9.46. The average molecular weight is 918 g/mol. The fourth-order valence-corrected chi connectivity index (χ4v) is 6.73. The molecule has 3 heterocycles. The maximum Gasteiger partial charge on any atom is 0.437 e. The number of aromatic nitrogens is 3. The number of nitrogens with zero attached hydrogens (tertiary/aromatic N) is 7. The van der Waals surface area contributed by atoms with Crippen LogP contribution < -0.4 is 10.6 Å². The van der Waals surface area contributed by atoms with E-state index in [9.17, 15) is 19.2 Å². The number of amides is 4. The molecular formula is C47H61F2N9O8. The highest BCUT2D eigenvalue weighted by molar-refractivity contribution is 6.00. The van der Waals surface area contributed by atoms with Crippen LogP contribution in [0.1, 0.15) is 107 Å². The Hall–Kier alpha value is -6.66. The summed E-state index contributed by atoms with van der Waals surface area (Å²) < 4.78 is 54.8. The van der Waals surface area contributed by atoms with E-state index in [1.54, 1.807) is 124 Å². The van der Waals surface area contributed by atoms with Gasteiger partial charge in [-0.3, -0.25) is 10.6 Å². The van der Waals surface area contributed by atoms with Crippen molar-refractivity contribution in [3.63, 3.8) is 0 Å². The second kappa shape index (κ2) is 19.8. The number of hydrogen-bond acceptors (Lipinski definition) is 10. The van der Waals surface area contributed by atoms with Crippen molar-refractivity contribution >= 4 is 47.4 Å². The lowest BCUT2D eigenvalue weighted by Crippen LogP contribution is -2.48. The fourth-order valence-electron chi connectivity index (χ4n) is 6.73. The molecule has 0 aliphatic carbocycles. The fraction of sp³-hybridized carbons (Fsp3) is 0.489. The van der Waals surface area contributed by atoms with E-state index < -0.39 is 58.4 Å². The third-order valence-electron chi connectivity index (χ3n) is 9.46. The van der Waals surface area contributed by atoms with E-state index in [0.29, 0.717) is 37.1 Å². The van der Waals surface area contributed by atoms with Crippen LogP contribution in [-0.4, -0.2) is 109 Å². The summed E-state index contributed by atoms with van der Waals surface area (Å²) in [6.07, 6.45) is 1.23. The van der Waals surface area contributed by atoms with E-state index in [1.807, 2.05) is 12.2 Å². The standard InChI is InChI=1S/C47H61F2N9O8/c1-44(2,3)63-40(59)50-38(51-41(60)64-45(4,5)6)57-22-18-28(19-23-57)30-14-16-32(34(48)26-30)36-54-55-37(56(36)13)33-17-15-31(27-35(33)49)29-20-24-58(25-21-29)39(52-42(61)65-46(7,8)9)53-43(62)66-47(10,11)12/h14-18,20,26-27H,19,21-25H2,1-13H3,(H,50,51,59,60)(H,52,53,61,62). The van der Waals surface area contributed by atoms with Crippen LogP contribution in [0.5, 0.6) is 0 Å². The zero-order valence-electron chi connectivity index (χ0n) is 40.0. The van der Waals surface area contributed by atoms with Crippen LogP contribution in [0.3, 0.4) is 0 Å². The molecule has 0 saturated heterocycles. The van der Waals surface area contributed by atoms with Gasteiger partial charge in [0, 0.05) is 33.2 Å². The van der Waals surface area contributed by atoms with Crippen LogP contribution in [0.2, 0.25) is 0 Å². The van der Waals surface area contributed by atoms with Gasteiger partial charge in [0.15, 0.2) is 11.6 Å². The number of nitrogens with one attached hydrogen (secondary N) is 2. The highest BCUT2D eigenvalue weighted by atomic mass is 19.1. The molecule has 1 aromatic heterocycles. The first-order valence-electron chi connectivity index (χ1n) is 21.6. The lowest BCUT2D eigenvalue weighted by Gasteiger charge is -2.30. The van der Waals surface area contributed by atoms with E-state index in [1.165, 1.54) is 16.7 Å². The molecule has 2 N–H and O–H groups in total. The minimum absolute atomic E-state index is 0.0363. The molecule has 0 spiro atoms. The monoisotopic (exact) mass is 917 g/mol. The maximum absolute atomic E-state index is 15.9. The van der Waals surface area contributed by atoms with E-state index in [0.717, 1.165) is 11.1 Å². The van der Waals surface area contributed by atoms with Crippen molar-refractivity contribution < 1.29 is 46.9 Å². The van der Waals surface area contributed by atoms with E-state index in [2.05, 4.69) is 30.8 Å². The van der Waals surface area contributed by atoms with Gasteiger partial charge >= 0.3 is 24.4 Å². The molecule has 0 radical (unpaired) electrons. The van der Waals surface area contributed by atoms with Gasteiger partial charge in [-0.2, -0.15) is 0 Å². The normalized spacial score (nSPS) is 15.4. The molecule has 0 bridgehead atoms. The van der Waals surface area contributed by atoms with Crippen LogP contribution in [0.25, 0.3) is 33.9 Å². The lowest BCUT2D eigenvalue weighted by atomic mass is 9.97. The zero-order valence-corrected chi connectivity index (χ0v) is 40.0. The molecule has 4 amide bonds. The molecule has 0 fully saturated rings. The zero-order chi connectivity index (χ0) is 48.9. The number of ether oxygens (including phenoxy) is 4. The summed E-state index contributed by atoms with van der Waals surface area (Å²) in [6.45, 7) is 21.7. The number of carbonyl (C=O) groups excluding carboxylic acids is 4.